The average Bonchev–Trinajstić information content (AvgIpc) is 2.83. The number of carbonyl (C=O) groups is 3. The van der Waals surface area contributed by atoms with Gasteiger partial charge in [0.15, 0.2) is 0 Å². The van der Waals surface area contributed by atoms with Crippen LogP contribution < -0.4 is 21.7 Å². The Hall–Kier alpha value is -4.17. The summed E-state index contributed by atoms with van der Waals surface area (Å²) in [5.74, 6) is -0.732. The van der Waals surface area contributed by atoms with Crippen molar-refractivity contribution in [1.29, 1.82) is 0 Å². The van der Waals surface area contributed by atoms with Gasteiger partial charge in [-0.05, 0) is 78.7 Å². The number of nitrogens with two attached hydrogens (primary N) is 1. The largest absolute Gasteiger partial charge is 0.366 e. The van der Waals surface area contributed by atoms with Crippen molar-refractivity contribution in [2.24, 2.45) is 5.73 Å². The van der Waals surface area contributed by atoms with Crippen LogP contribution >= 0.6 is 0 Å². The molecule has 0 radical (unpaired) electrons. The van der Waals surface area contributed by atoms with E-state index in [0.717, 1.165) is 30.8 Å². The van der Waals surface area contributed by atoms with Gasteiger partial charge in [0.05, 0.1) is 0 Å². The third-order valence-electron chi connectivity index (χ3n) is 5.74. The minimum Gasteiger partial charge on any atom is -0.366 e. The third-order valence-corrected chi connectivity index (χ3v) is 5.74. The summed E-state index contributed by atoms with van der Waals surface area (Å²) < 4.78 is 0. The molecular formula is C26H27N5O3. The lowest BCUT2D eigenvalue weighted by Gasteiger charge is -2.25. The van der Waals surface area contributed by atoms with E-state index < -0.39 is 11.9 Å². The second-order valence-electron chi connectivity index (χ2n) is 8.38. The molecule has 3 aromatic rings. The van der Waals surface area contributed by atoms with E-state index in [2.05, 4.69) is 34.0 Å². The van der Waals surface area contributed by atoms with Crippen LogP contribution in [0.2, 0.25) is 0 Å². The van der Waals surface area contributed by atoms with Crippen LogP contribution in [0.5, 0.6) is 0 Å². The maximum Gasteiger partial charge on any atom is 0.319 e. The molecule has 0 aliphatic carbocycles. The van der Waals surface area contributed by atoms with Gasteiger partial charge in [0, 0.05) is 42.1 Å². The van der Waals surface area contributed by atoms with E-state index in [1.54, 1.807) is 42.5 Å². The number of fused-ring (bicyclic) bond motifs is 1. The summed E-state index contributed by atoms with van der Waals surface area (Å²) in [4.78, 5) is 38.4. The van der Waals surface area contributed by atoms with Gasteiger partial charge >= 0.3 is 6.03 Å². The lowest BCUT2D eigenvalue weighted by Crippen LogP contribution is -2.28. The van der Waals surface area contributed by atoms with Gasteiger partial charge in [-0.15, -0.1) is 0 Å². The lowest BCUT2D eigenvalue weighted by atomic mass is 9.99. The van der Waals surface area contributed by atoms with E-state index in [-0.39, 0.29) is 12.5 Å². The summed E-state index contributed by atoms with van der Waals surface area (Å²) in [5, 5.41) is 8.42. The van der Waals surface area contributed by atoms with Gasteiger partial charge in [-0.25, -0.2) is 4.79 Å². The van der Waals surface area contributed by atoms with Crippen molar-refractivity contribution < 1.29 is 14.4 Å². The molecule has 0 saturated carbocycles. The quantitative estimate of drug-likeness (QED) is 0.454. The number of carbonyl (C=O) groups excluding carboxylic acids is 3. The highest BCUT2D eigenvalue weighted by molar-refractivity contribution is 6.04. The molecule has 0 spiro atoms. The predicted octanol–water partition coefficient (Wildman–Crippen LogP) is 3.35. The molecule has 0 saturated heterocycles. The molecule has 3 aromatic carbocycles. The van der Waals surface area contributed by atoms with Crippen molar-refractivity contribution in [2.75, 3.05) is 24.2 Å². The van der Waals surface area contributed by atoms with Crippen molar-refractivity contribution in [3.63, 3.8) is 0 Å². The Morgan fingerprint density at radius 1 is 0.882 bits per heavy atom. The highest BCUT2D eigenvalue weighted by atomic mass is 16.2. The molecule has 0 aromatic heterocycles. The Morgan fingerprint density at radius 3 is 2.41 bits per heavy atom. The zero-order chi connectivity index (χ0) is 24.1. The van der Waals surface area contributed by atoms with Gasteiger partial charge in [0.25, 0.3) is 5.91 Å². The standard InChI is InChI=1S/C26H27N5O3/c1-31-12-11-18-5-10-23(14-21(18)16-31)29-25(33)20-4-2-3-17(13-20)15-28-26(34)30-22-8-6-19(7-9-22)24(27)32/h2-10,13-14H,11-12,15-16H2,1H3,(H2,27,32)(H,29,33)(H2,28,30,34). The number of nitrogens with zero attached hydrogens (tertiary/aromatic N) is 1. The van der Waals surface area contributed by atoms with Gasteiger partial charge in [0.2, 0.25) is 5.91 Å². The van der Waals surface area contributed by atoms with Gasteiger partial charge in [-0.2, -0.15) is 0 Å². The number of amides is 4. The summed E-state index contributed by atoms with van der Waals surface area (Å²) in [5.41, 5.74) is 10.7. The van der Waals surface area contributed by atoms with Crippen molar-refractivity contribution in [3.8, 4) is 0 Å². The van der Waals surface area contributed by atoms with Crippen LogP contribution in [0.25, 0.3) is 0 Å². The molecule has 0 bridgehead atoms. The highest BCUT2D eigenvalue weighted by Gasteiger charge is 2.14. The van der Waals surface area contributed by atoms with E-state index in [0.29, 0.717) is 16.8 Å². The predicted molar refractivity (Wildman–Crippen MR) is 132 cm³/mol. The maximum atomic E-state index is 12.8. The van der Waals surface area contributed by atoms with Crippen molar-refractivity contribution in [1.82, 2.24) is 10.2 Å². The van der Waals surface area contributed by atoms with E-state index >= 15 is 0 Å². The van der Waals surface area contributed by atoms with Crippen LogP contribution in [-0.2, 0) is 19.5 Å². The van der Waals surface area contributed by atoms with E-state index in [1.807, 2.05) is 18.2 Å². The van der Waals surface area contributed by atoms with Crippen LogP contribution in [0.3, 0.4) is 0 Å². The normalized spacial score (nSPS) is 13.0. The first kappa shape index (κ1) is 23.0. The minimum absolute atomic E-state index is 0.204. The number of benzene rings is 3. The summed E-state index contributed by atoms with van der Waals surface area (Å²) >= 11 is 0. The third kappa shape index (κ3) is 5.79. The number of hydrogen-bond donors (Lipinski definition) is 4. The highest BCUT2D eigenvalue weighted by Crippen LogP contribution is 2.22. The Balaban J connectivity index is 1.33. The molecular weight excluding hydrogens is 430 g/mol. The number of hydrogen-bond acceptors (Lipinski definition) is 4. The first-order valence-electron chi connectivity index (χ1n) is 11.0. The van der Waals surface area contributed by atoms with E-state index in [1.165, 1.54) is 11.1 Å². The zero-order valence-electron chi connectivity index (χ0n) is 18.9. The van der Waals surface area contributed by atoms with Crippen LogP contribution in [0.4, 0.5) is 16.2 Å². The summed E-state index contributed by atoms with van der Waals surface area (Å²) in [6.07, 6.45) is 1.02. The second kappa shape index (κ2) is 10.2. The first-order chi connectivity index (χ1) is 16.4. The van der Waals surface area contributed by atoms with Gasteiger partial charge < -0.3 is 26.6 Å². The molecule has 0 atom stereocenters. The number of nitrogens with one attached hydrogen (secondary N) is 3. The molecule has 0 fully saturated rings. The molecule has 4 rings (SSSR count). The Morgan fingerprint density at radius 2 is 1.65 bits per heavy atom. The summed E-state index contributed by atoms with van der Waals surface area (Å²) in [6.45, 7) is 2.16. The summed E-state index contributed by atoms with van der Waals surface area (Å²) in [7, 11) is 2.09. The number of urea groups is 1. The van der Waals surface area contributed by atoms with Crippen LogP contribution in [0, 0.1) is 0 Å². The van der Waals surface area contributed by atoms with Crippen LogP contribution in [0.1, 0.15) is 37.4 Å². The first-order valence-corrected chi connectivity index (χ1v) is 11.0. The van der Waals surface area contributed by atoms with E-state index in [4.69, 9.17) is 5.73 Å². The molecule has 8 heteroatoms. The number of primary amides is 1. The average molecular weight is 458 g/mol. The topological polar surface area (TPSA) is 117 Å². The Bertz CT molecular complexity index is 1220. The number of rotatable bonds is 6. The minimum atomic E-state index is -0.529. The molecule has 4 amide bonds. The fourth-order valence-electron chi connectivity index (χ4n) is 3.88. The smallest absolute Gasteiger partial charge is 0.319 e. The van der Waals surface area contributed by atoms with Crippen LogP contribution in [0.15, 0.2) is 66.7 Å². The molecule has 1 aliphatic heterocycles. The van der Waals surface area contributed by atoms with Crippen molar-refractivity contribution in [3.05, 3.63) is 94.5 Å². The lowest BCUT2D eigenvalue weighted by molar-refractivity contribution is 0.0997. The van der Waals surface area contributed by atoms with Gasteiger partial charge in [0.1, 0.15) is 0 Å². The molecule has 1 heterocycles. The van der Waals surface area contributed by atoms with Crippen molar-refractivity contribution >= 4 is 29.2 Å². The molecule has 1 aliphatic rings. The van der Waals surface area contributed by atoms with E-state index in [9.17, 15) is 14.4 Å². The van der Waals surface area contributed by atoms with Gasteiger partial charge in [-0.1, -0.05) is 18.2 Å². The fraction of sp³-hybridized carbons (Fsp3) is 0.192. The molecule has 5 N–H and O–H groups in total. The fourth-order valence-corrected chi connectivity index (χ4v) is 3.88. The Kier molecular flexibility index (Phi) is 6.89. The van der Waals surface area contributed by atoms with Crippen LogP contribution in [-0.4, -0.2) is 36.3 Å². The monoisotopic (exact) mass is 457 g/mol. The molecule has 8 nitrogen and oxygen atoms in total. The van der Waals surface area contributed by atoms with Gasteiger partial charge in [-0.3, -0.25) is 9.59 Å². The number of likely N-dealkylation sites (N-methyl/N-ethyl adjacent to an activating group) is 1. The molecule has 174 valence electrons. The zero-order valence-corrected chi connectivity index (χ0v) is 18.9. The molecule has 0 unspecified atom stereocenters. The summed E-state index contributed by atoms with van der Waals surface area (Å²) in [6, 6.07) is 19.1. The van der Waals surface area contributed by atoms with Crippen molar-refractivity contribution in [2.45, 2.75) is 19.5 Å². The SMILES string of the molecule is CN1CCc2ccc(NC(=O)c3cccc(CNC(=O)Nc4ccc(C(N)=O)cc4)c3)cc2C1. The second-order valence-corrected chi connectivity index (χ2v) is 8.38. The maximum absolute atomic E-state index is 12.8. The molecule has 34 heavy (non-hydrogen) atoms. The number of anilines is 2. The Labute approximate surface area is 198 Å².